The molecule has 0 unspecified atom stereocenters. The predicted molar refractivity (Wildman–Crippen MR) is 73.8 cm³/mol. The second-order valence-corrected chi connectivity index (χ2v) is 4.82. The molecule has 4 nitrogen and oxygen atoms in total. The molecule has 0 bridgehead atoms. The summed E-state index contributed by atoms with van der Waals surface area (Å²) in [5, 5.41) is 8.52. The van der Waals surface area contributed by atoms with Crippen molar-refractivity contribution in [1.29, 1.82) is 5.26 Å². The monoisotopic (exact) mass is 260 g/mol. The minimum atomic E-state index is -0.163. The van der Waals surface area contributed by atoms with E-state index in [1.807, 2.05) is 18.2 Å². The van der Waals surface area contributed by atoms with Crippen LogP contribution in [-0.4, -0.2) is 25.0 Å². The molecule has 1 aromatic carbocycles. The van der Waals surface area contributed by atoms with Crippen LogP contribution in [0.1, 0.15) is 37.3 Å². The van der Waals surface area contributed by atoms with E-state index < -0.39 is 0 Å². The third kappa shape index (κ3) is 3.99. The molecule has 1 amide bonds. The van der Waals surface area contributed by atoms with E-state index in [1.54, 1.807) is 19.1 Å². The minimum Gasteiger partial charge on any atom is -0.496 e. The molecule has 0 heterocycles. The Bertz CT molecular complexity index is 489. The van der Waals surface area contributed by atoms with Crippen molar-refractivity contribution in [2.24, 2.45) is 0 Å². The summed E-state index contributed by atoms with van der Waals surface area (Å²) in [4.78, 5) is 13.1. The summed E-state index contributed by atoms with van der Waals surface area (Å²) >= 11 is 0. The highest BCUT2D eigenvalue weighted by Gasteiger charge is 2.12. The molecule has 0 aromatic heterocycles. The SMILES string of the molecule is COc1ccc(CN(C)C(=O)CC#N)cc1C(C)C. The molecule has 102 valence electrons. The number of amides is 1. The highest BCUT2D eigenvalue weighted by atomic mass is 16.5. The predicted octanol–water partition coefficient (Wildman–Crippen LogP) is 2.69. The second-order valence-electron chi connectivity index (χ2n) is 4.82. The lowest BCUT2D eigenvalue weighted by molar-refractivity contribution is -0.129. The summed E-state index contributed by atoms with van der Waals surface area (Å²) in [6, 6.07) is 7.80. The largest absolute Gasteiger partial charge is 0.496 e. The minimum absolute atomic E-state index is 0.0797. The molecular weight excluding hydrogens is 240 g/mol. The van der Waals surface area contributed by atoms with Crippen LogP contribution in [0.3, 0.4) is 0 Å². The number of rotatable bonds is 5. The van der Waals surface area contributed by atoms with E-state index in [-0.39, 0.29) is 12.3 Å². The van der Waals surface area contributed by atoms with Crippen LogP contribution in [0, 0.1) is 11.3 Å². The van der Waals surface area contributed by atoms with Crippen LogP contribution in [-0.2, 0) is 11.3 Å². The summed E-state index contributed by atoms with van der Waals surface area (Å²) in [7, 11) is 3.36. The van der Waals surface area contributed by atoms with E-state index in [0.717, 1.165) is 16.9 Å². The first-order valence-corrected chi connectivity index (χ1v) is 6.27. The highest BCUT2D eigenvalue weighted by Crippen LogP contribution is 2.27. The number of carbonyl (C=O) groups is 1. The molecular formula is C15H20N2O2. The molecule has 4 heteroatoms. The Morgan fingerprint density at radius 1 is 1.47 bits per heavy atom. The van der Waals surface area contributed by atoms with Gasteiger partial charge in [0.1, 0.15) is 12.2 Å². The summed E-state index contributed by atoms with van der Waals surface area (Å²) in [5.41, 5.74) is 2.17. The number of ether oxygens (including phenoxy) is 1. The van der Waals surface area contributed by atoms with Crippen LogP contribution in [0.5, 0.6) is 5.75 Å². The number of nitrogens with zero attached hydrogens (tertiary/aromatic N) is 2. The van der Waals surface area contributed by atoms with Crippen molar-refractivity contribution in [2.75, 3.05) is 14.2 Å². The Morgan fingerprint density at radius 2 is 2.16 bits per heavy atom. The Hall–Kier alpha value is -2.02. The number of nitriles is 1. The lowest BCUT2D eigenvalue weighted by Gasteiger charge is -2.18. The van der Waals surface area contributed by atoms with Gasteiger partial charge >= 0.3 is 0 Å². The molecule has 0 N–H and O–H groups in total. The molecule has 1 aromatic rings. The third-order valence-corrected chi connectivity index (χ3v) is 2.99. The fraction of sp³-hybridized carbons (Fsp3) is 0.467. The molecule has 0 radical (unpaired) electrons. The van der Waals surface area contributed by atoms with Gasteiger partial charge in [-0.25, -0.2) is 0 Å². The molecule has 1 rings (SSSR count). The average molecular weight is 260 g/mol. The van der Waals surface area contributed by atoms with E-state index in [9.17, 15) is 4.79 Å². The number of carbonyl (C=O) groups excluding carboxylic acids is 1. The maximum atomic E-state index is 11.6. The zero-order valence-electron chi connectivity index (χ0n) is 11.9. The zero-order chi connectivity index (χ0) is 14.4. The van der Waals surface area contributed by atoms with Crippen LogP contribution in [0.4, 0.5) is 0 Å². The quantitative estimate of drug-likeness (QED) is 0.818. The van der Waals surface area contributed by atoms with E-state index in [2.05, 4.69) is 19.9 Å². The van der Waals surface area contributed by atoms with Crippen LogP contribution >= 0.6 is 0 Å². The Labute approximate surface area is 114 Å². The van der Waals surface area contributed by atoms with Gasteiger partial charge in [-0.1, -0.05) is 26.0 Å². The van der Waals surface area contributed by atoms with Crippen molar-refractivity contribution in [3.8, 4) is 11.8 Å². The van der Waals surface area contributed by atoms with Crippen molar-refractivity contribution in [3.05, 3.63) is 29.3 Å². The normalized spacial score (nSPS) is 10.1. The number of hydrogen-bond acceptors (Lipinski definition) is 3. The summed E-state index contributed by atoms with van der Waals surface area (Å²) in [5.74, 6) is 1.06. The van der Waals surface area contributed by atoms with Gasteiger partial charge in [0.05, 0.1) is 13.2 Å². The molecule has 0 saturated heterocycles. The molecule has 0 aliphatic heterocycles. The first kappa shape index (κ1) is 15.0. The van der Waals surface area contributed by atoms with E-state index in [0.29, 0.717) is 12.5 Å². The molecule has 0 aliphatic carbocycles. The third-order valence-electron chi connectivity index (χ3n) is 2.99. The smallest absolute Gasteiger partial charge is 0.236 e. The topological polar surface area (TPSA) is 53.3 Å². The Kier molecular flexibility index (Phi) is 5.37. The Balaban J connectivity index is 2.88. The number of benzene rings is 1. The van der Waals surface area contributed by atoms with E-state index >= 15 is 0 Å². The second kappa shape index (κ2) is 6.79. The van der Waals surface area contributed by atoms with Crippen molar-refractivity contribution >= 4 is 5.91 Å². The molecule has 0 atom stereocenters. The van der Waals surface area contributed by atoms with Gasteiger partial charge in [0, 0.05) is 13.6 Å². The van der Waals surface area contributed by atoms with Crippen molar-refractivity contribution in [3.63, 3.8) is 0 Å². The maximum absolute atomic E-state index is 11.6. The van der Waals surface area contributed by atoms with E-state index in [1.165, 1.54) is 0 Å². The zero-order valence-corrected chi connectivity index (χ0v) is 11.9. The van der Waals surface area contributed by atoms with Crippen molar-refractivity contribution in [1.82, 2.24) is 4.90 Å². The van der Waals surface area contributed by atoms with Gasteiger partial charge in [-0.3, -0.25) is 4.79 Å². The van der Waals surface area contributed by atoms with Gasteiger partial charge in [0.2, 0.25) is 5.91 Å². The van der Waals surface area contributed by atoms with Crippen molar-refractivity contribution < 1.29 is 9.53 Å². The first-order valence-electron chi connectivity index (χ1n) is 6.27. The summed E-state index contributed by atoms with van der Waals surface area (Å²) < 4.78 is 5.33. The van der Waals surface area contributed by atoms with Crippen LogP contribution in [0.15, 0.2) is 18.2 Å². The fourth-order valence-corrected chi connectivity index (χ4v) is 1.90. The van der Waals surface area contributed by atoms with Gasteiger partial charge < -0.3 is 9.64 Å². The summed E-state index contributed by atoms with van der Waals surface area (Å²) in [6.45, 7) is 4.71. The fourth-order valence-electron chi connectivity index (χ4n) is 1.90. The first-order chi connectivity index (χ1) is 8.99. The van der Waals surface area contributed by atoms with Gasteiger partial charge in [-0.2, -0.15) is 5.26 Å². The lowest BCUT2D eigenvalue weighted by Crippen LogP contribution is -2.25. The maximum Gasteiger partial charge on any atom is 0.236 e. The average Bonchev–Trinajstić information content (AvgIpc) is 2.38. The van der Waals surface area contributed by atoms with Crippen LogP contribution in [0.25, 0.3) is 0 Å². The standard InChI is InChI=1S/C15H20N2O2/c1-11(2)13-9-12(5-6-14(13)19-4)10-17(3)15(18)7-8-16/h5-6,9,11H,7,10H2,1-4H3. The lowest BCUT2D eigenvalue weighted by atomic mass is 9.99. The Morgan fingerprint density at radius 3 is 2.68 bits per heavy atom. The van der Waals surface area contributed by atoms with Gasteiger partial charge in [-0.15, -0.1) is 0 Å². The molecule has 0 spiro atoms. The number of methoxy groups -OCH3 is 1. The molecule has 0 aliphatic rings. The summed E-state index contributed by atoms with van der Waals surface area (Å²) in [6.07, 6.45) is -0.0797. The van der Waals surface area contributed by atoms with Gasteiger partial charge in [-0.05, 0) is 23.1 Å². The molecule has 19 heavy (non-hydrogen) atoms. The number of hydrogen-bond donors (Lipinski definition) is 0. The highest BCUT2D eigenvalue weighted by molar-refractivity contribution is 5.77. The van der Waals surface area contributed by atoms with Crippen molar-refractivity contribution in [2.45, 2.75) is 32.7 Å². The molecule has 0 saturated carbocycles. The van der Waals surface area contributed by atoms with Gasteiger partial charge in [0.15, 0.2) is 0 Å². The van der Waals surface area contributed by atoms with Crippen LogP contribution < -0.4 is 4.74 Å². The van der Waals surface area contributed by atoms with E-state index in [4.69, 9.17) is 10.00 Å². The van der Waals surface area contributed by atoms with Crippen LogP contribution in [0.2, 0.25) is 0 Å². The van der Waals surface area contributed by atoms with Gasteiger partial charge in [0.25, 0.3) is 0 Å². The molecule has 0 fully saturated rings.